The van der Waals surface area contributed by atoms with Gasteiger partial charge in [-0.25, -0.2) is 0 Å². The summed E-state index contributed by atoms with van der Waals surface area (Å²) < 4.78 is 0. The van der Waals surface area contributed by atoms with Gasteiger partial charge in [0.2, 0.25) is 0 Å². The fourth-order valence-corrected chi connectivity index (χ4v) is 3.59. The molecule has 3 heteroatoms. The topological polar surface area (TPSA) is 20.2 Å². The first-order valence-corrected chi connectivity index (χ1v) is 7.32. The summed E-state index contributed by atoms with van der Waals surface area (Å²) in [6.07, 6.45) is 4.87. The highest BCUT2D eigenvalue weighted by atomic mass is 35.5. The fraction of sp³-hybridized carbons (Fsp3) is 0.600. The Hall–Kier alpha value is -0.240. The molecule has 1 nitrogen and oxygen atoms in total. The Morgan fingerprint density at radius 1 is 1.22 bits per heavy atom. The van der Waals surface area contributed by atoms with E-state index in [9.17, 15) is 5.11 Å². The van der Waals surface area contributed by atoms with Gasteiger partial charge in [-0.2, -0.15) is 0 Å². The zero-order valence-electron chi connectivity index (χ0n) is 11.0. The van der Waals surface area contributed by atoms with Crippen molar-refractivity contribution in [3.63, 3.8) is 0 Å². The van der Waals surface area contributed by atoms with Crippen molar-refractivity contribution in [2.75, 3.05) is 0 Å². The van der Waals surface area contributed by atoms with Crippen LogP contribution in [0.25, 0.3) is 0 Å². The van der Waals surface area contributed by atoms with Crippen LogP contribution < -0.4 is 0 Å². The zero-order chi connectivity index (χ0) is 13.4. The summed E-state index contributed by atoms with van der Waals surface area (Å²) in [4.78, 5) is 0. The summed E-state index contributed by atoms with van der Waals surface area (Å²) in [5, 5.41) is 11.6. The van der Waals surface area contributed by atoms with Crippen molar-refractivity contribution in [1.82, 2.24) is 0 Å². The van der Waals surface area contributed by atoms with Crippen LogP contribution in [-0.2, 0) is 5.41 Å². The molecule has 0 unspecified atom stereocenters. The predicted molar refractivity (Wildman–Crippen MR) is 77.5 cm³/mol. The maximum atomic E-state index is 10.4. The van der Waals surface area contributed by atoms with E-state index in [0.29, 0.717) is 10.0 Å². The first-order chi connectivity index (χ1) is 8.38. The molecule has 1 N–H and O–H groups in total. The van der Waals surface area contributed by atoms with Crippen LogP contribution in [0.1, 0.15) is 51.5 Å². The van der Waals surface area contributed by atoms with E-state index < -0.39 is 5.60 Å². The van der Waals surface area contributed by atoms with Crippen molar-refractivity contribution >= 4 is 23.2 Å². The van der Waals surface area contributed by atoms with Crippen LogP contribution in [-0.4, -0.2) is 10.7 Å². The van der Waals surface area contributed by atoms with E-state index in [1.165, 1.54) is 5.56 Å². The van der Waals surface area contributed by atoms with Gasteiger partial charge in [0.15, 0.2) is 0 Å². The molecule has 1 saturated carbocycles. The van der Waals surface area contributed by atoms with E-state index in [-0.39, 0.29) is 5.41 Å². The Balaban J connectivity index is 2.40. The van der Waals surface area contributed by atoms with Gasteiger partial charge >= 0.3 is 0 Å². The van der Waals surface area contributed by atoms with Crippen molar-refractivity contribution in [3.8, 4) is 0 Å². The highest BCUT2D eigenvalue weighted by Crippen LogP contribution is 2.46. The Morgan fingerprint density at radius 3 is 2.50 bits per heavy atom. The third-order valence-corrected chi connectivity index (χ3v) is 5.04. The maximum Gasteiger partial charge on any atom is 0.0628 e. The monoisotopic (exact) mass is 286 g/mol. The Bertz CT molecular complexity index is 442. The van der Waals surface area contributed by atoms with Crippen molar-refractivity contribution in [2.24, 2.45) is 0 Å². The van der Waals surface area contributed by atoms with Gasteiger partial charge in [-0.3, -0.25) is 0 Å². The number of halogens is 2. The molecule has 0 bridgehead atoms. The minimum Gasteiger partial charge on any atom is -0.390 e. The molecule has 100 valence electrons. The summed E-state index contributed by atoms with van der Waals surface area (Å²) in [5.41, 5.74) is 0.676. The minimum atomic E-state index is -0.569. The van der Waals surface area contributed by atoms with Gasteiger partial charge in [-0.1, -0.05) is 36.2 Å². The van der Waals surface area contributed by atoms with E-state index in [0.717, 1.165) is 32.1 Å². The third kappa shape index (κ3) is 2.68. The first kappa shape index (κ1) is 14.2. The molecule has 18 heavy (non-hydrogen) atoms. The van der Waals surface area contributed by atoms with Crippen molar-refractivity contribution in [2.45, 2.75) is 57.0 Å². The summed E-state index contributed by atoms with van der Waals surface area (Å²) in [7, 11) is 0. The number of aliphatic hydroxyl groups is 1. The van der Waals surface area contributed by atoms with E-state index in [1.54, 1.807) is 0 Å². The van der Waals surface area contributed by atoms with Crippen LogP contribution in [0.15, 0.2) is 18.2 Å². The molecule has 0 aromatic heterocycles. The average molecular weight is 287 g/mol. The number of hydrogen-bond acceptors (Lipinski definition) is 1. The second-order valence-electron chi connectivity index (χ2n) is 5.79. The Labute approximate surface area is 119 Å². The van der Waals surface area contributed by atoms with Crippen LogP contribution in [0.4, 0.5) is 0 Å². The molecule has 2 atom stereocenters. The molecule has 0 amide bonds. The van der Waals surface area contributed by atoms with Gasteiger partial charge in [-0.15, -0.1) is 0 Å². The van der Waals surface area contributed by atoms with Crippen molar-refractivity contribution < 1.29 is 5.11 Å². The number of rotatable bonds is 2. The SMILES string of the molecule is CC[C@]1(c2ccc(Cl)c(Cl)c2)CCC[C@](C)(O)C1. The number of hydrogen-bond donors (Lipinski definition) is 1. The van der Waals surface area contributed by atoms with Crippen LogP contribution in [0.2, 0.25) is 10.0 Å². The summed E-state index contributed by atoms with van der Waals surface area (Å²) in [6.45, 7) is 4.12. The first-order valence-electron chi connectivity index (χ1n) is 6.56. The zero-order valence-corrected chi connectivity index (χ0v) is 12.5. The third-order valence-electron chi connectivity index (χ3n) is 4.30. The lowest BCUT2D eigenvalue weighted by Crippen LogP contribution is -2.41. The molecule has 0 saturated heterocycles. The van der Waals surface area contributed by atoms with Crippen LogP contribution in [0.3, 0.4) is 0 Å². The number of benzene rings is 1. The molecule has 0 radical (unpaired) electrons. The summed E-state index contributed by atoms with van der Waals surface area (Å²) in [6, 6.07) is 5.88. The minimum absolute atomic E-state index is 0.0377. The predicted octanol–water partition coefficient (Wildman–Crippen LogP) is 4.97. The van der Waals surface area contributed by atoms with E-state index in [4.69, 9.17) is 23.2 Å². The molecular formula is C15H20Cl2O. The molecule has 0 aliphatic heterocycles. The lowest BCUT2D eigenvalue weighted by Gasteiger charge is -2.44. The second-order valence-corrected chi connectivity index (χ2v) is 6.60. The molecule has 0 spiro atoms. The smallest absolute Gasteiger partial charge is 0.0628 e. The van der Waals surface area contributed by atoms with E-state index in [1.807, 2.05) is 19.1 Å². The van der Waals surface area contributed by atoms with Crippen LogP contribution in [0.5, 0.6) is 0 Å². The van der Waals surface area contributed by atoms with Gasteiger partial charge < -0.3 is 5.11 Å². The van der Waals surface area contributed by atoms with E-state index >= 15 is 0 Å². The lowest BCUT2D eigenvalue weighted by atomic mass is 9.63. The van der Waals surface area contributed by atoms with Crippen LogP contribution in [0, 0.1) is 0 Å². The Kier molecular flexibility index (Phi) is 3.96. The van der Waals surface area contributed by atoms with Gasteiger partial charge in [-0.05, 0) is 62.1 Å². The molecule has 0 heterocycles. The second kappa shape index (κ2) is 5.03. The van der Waals surface area contributed by atoms with Crippen LogP contribution >= 0.6 is 23.2 Å². The highest BCUT2D eigenvalue weighted by Gasteiger charge is 2.41. The summed E-state index contributed by atoms with van der Waals surface area (Å²) in [5.74, 6) is 0. The summed E-state index contributed by atoms with van der Waals surface area (Å²) >= 11 is 12.1. The molecule has 1 aromatic carbocycles. The average Bonchev–Trinajstić information content (AvgIpc) is 2.31. The molecule has 1 aliphatic carbocycles. The highest BCUT2D eigenvalue weighted by molar-refractivity contribution is 6.42. The maximum absolute atomic E-state index is 10.4. The van der Waals surface area contributed by atoms with E-state index in [2.05, 4.69) is 13.0 Å². The molecule has 1 aliphatic rings. The van der Waals surface area contributed by atoms with Gasteiger partial charge in [0.25, 0.3) is 0 Å². The molecular weight excluding hydrogens is 267 g/mol. The fourth-order valence-electron chi connectivity index (χ4n) is 3.29. The quantitative estimate of drug-likeness (QED) is 0.814. The Morgan fingerprint density at radius 2 is 1.94 bits per heavy atom. The van der Waals surface area contributed by atoms with Crippen molar-refractivity contribution in [1.29, 1.82) is 0 Å². The van der Waals surface area contributed by atoms with Gasteiger partial charge in [0.1, 0.15) is 0 Å². The molecule has 2 rings (SSSR count). The van der Waals surface area contributed by atoms with Crippen molar-refractivity contribution in [3.05, 3.63) is 33.8 Å². The molecule has 1 fully saturated rings. The largest absolute Gasteiger partial charge is 0.390 e. The lowest BCUT2D eigenvalue weighted by molar-refractivity contribution is -0.0112. The molecule has 1 aromatic rings. The van der Waals surface area contributed by atoms with Gasteiger partial charge in [0, 0.05) is 0 Å². The standard InChI is InChI=1S/C15H20Cl2O/c1-3-15(8-4-7-14(2,18)10-15)11-5-6-12(16)13(17)9-11/h5-6,9,18H,3-4,7-8,10H2,1-2H3/t14-,15-/m0/s1. The van der Waals surface area contributed by atoms with Gasteiger partial charge in [0.05, 0.1) is 15.6 Å². The normalized spacial score (nSPS) is 32.5.